The predicted molar refractivity (Wildman–Crippen MR) is 94.5 cm³/mol. The molecule has 0 amide bonds. The van der Waals surface area contributed by atoms with E-state index in [9.17, 15) is 9.59 Å². The molecule has 0 spiro atoms. The Morgan fingerprint density at radius 3 is 2.56 bits per heavy atom. The zero-order valence-corrected chi connectivity index (χ0v) is 13.6. The topological polar surface area (TPSA) is 89.3 Å². The molecular weight excluding hydrogens is 340 g/mol. The largest absolute Gasteiger partial charge is 0.423 e. The third-order valence-corrected chi connectivity index (χ3v) is 3.42. The zero-order chi connectivity index (χ0) is 17.6. The molecule has 0 aliphatic rings. The number of rotatable bonds is 4. The van der Waals surface area contributed by atoms with E-state index in [4.69, 9.17) is 17.0 Å². The highest BCUT2D eigenvalue weighted by molar-refractivity contribution is 7.71. The standard InChI is InChI=1S/C17H12N4O3S/c22-15-11-18-20-17(25)21(15)19-10-12-6-8-14(9-7-12)24-16(23)13-4-2-1-3-5-13/h1-11H,(H,20,25)/b19-10-. The lowest BCUT2D eigenvalue weighted by molar-refractivity contribution is 0.0735. The minimum absolute atomic E-state index is 0.0946. The third kappa shape index (κ3) is 4.12. The molecule has 1 aromatic heterocycles. The van der Waals surface area contributed by atoms with Crippen molar-refractivity contribution in [2.24, 2.45) is 5.10 Å². The summed E-state index contributed by atoms with van der Waals surface area (Å²) in [7, 11) is 0. The smallest absolute Gasteiger partial charge is 0.343 e. The van der Waals surface area contributed by atoms with Gasteiger partial charge in [-0.2, -0.15) is 14.9 Å². The van der Waals surface area contributed by atoms with Crippen molar-refractivity contribution in [3.8, 4) is 5.75 Å². The molecule has 25 heavy (non-hydrogen) atoms. The van der Waals surface area contributed by atoms with E-state index in [0.717, 1.165) is 10.9 Å². The number of carbonyl (C=O) groups excluding carboxylic acids is 1. The van der Waals surface area contributed by atoms with Crippen molar-refractivity contribution in [3.63, 3.8) is 0 Å². The van der Waals surface area contributed by atoms with Gasteiger partial charge in [0.25, 0.3) is 5.56 Å². The SMILES string of the molecule is O=C(Oc1ccc(/C=N\n2c(=O)cn[nH]c2=S)cc1)c1ccccc1. The lowest BCUT2D eigenvalue weighted by Crippen LogP contribution is -2.18. The van der Waals surface area contributed by atoms with E-state index in [2.05, 4.69) is 15.3 Å². The van der Waals surface area contributed by atoms with Gasteiger partial charge in [-0.05, 0) is 54.2 Å². The maximum absolute atomic E-state index is 12.0. The number of aromatic nitrogens is 3. The second-order valence-electron chi connectivity index (χ2n) is 4.89. The van der Waals surface area contributed by atoms with E-state index < -0.39 is 11.5 Å². The van der Waals surface area contributed by atoms with Crippen LogP contribution in [0.15, 0.2) is 70.7 Å². The van der Waals surface area contributed by atoms with Crippen molar-refractivity contribution in [3.05, 3.63) is 87.0 Å². The molecule has 1 N–H and O–H groups in total. The maximum Gasteiger partial charge on any atom is 0.343 e. The second-order valence-corrected chi connectivity index (χ2v) is 5.28. The molecule has 0 unspecified atom stereocenters. The first kappa shape index (κ1) is 16.5. The molecule has 1 heterocycles. The lowest BCUT2D eigenvalue weighted by atomic mass is 10.2. The summed E-state index contributed by atoms with van der Waals surface area (Å²) in [5, 5.41) is 10.1. The van der Waals surface area contributed by atoms with E-state index in [-0.39, 0.29) is 4.77 Å². The number of hydrogen-bond acceptors (Lipinski definition) is 6. The number of aromatic amines is 1. The predicted octanol–water partition coefficient (Wildman–Crippen LogP) is 2.40. The van der Waals surface area contributed by atoms with E-state index in [1.165, 1.54) is 6.21 Å². The van der Waals surface area contributed by atoms with Crippen molar-refractivity contribution in [2.75, 3.05) is 0 Å². The van der Waals surface area contributed by atoms with Crippen molar-refractivity contribution in [1.82, 2.24) is 14.9 Å². The summed E-state index contributed by atoms with van der Waals surface area (Å²) in [6.45, 7) is 0. The molecule has 3 aromatic rings. The Labute approximate surface area is 147 Å². The average molecular weight is 352 g/mol. The fourth-order valence-electron chi connectivity index (χ4n) is 1.94. The molecule has 8 heteroatoms. The summed E-state index contributed by atoms with van der Waals surface area (Å²) in [6.07, 6.45) is 2.55. The minimum atomic E-state index is -0.437. The molecule has 2 aromatic carbocycles. The first-order valence-electron chi connectivity index (χ1n) is 7.22. The summed E-state index contributed by atoms with van der Waals surface area (Å²) in [4.78, 5) is 23.6. The van der Waals surface area contributed by atoms with Crippen LogP contribution in [0.5, 0.6) is 5.75 Å². The van der Waals surface area contributed by atoms with Gasteiger partial charge in [-0.3, -0.25) is 9.89 Å². The van der Waals surface area contributed by atoms with Crippen molar-refractivity contribution in [1.29, 1.82) is 0 Å². The molecule has 0 atom stereocenters. The quantitative estimate of drug-likeness (QED) is 0.337. The number of hydrogen-bond donors (Lipinski definition) is 1. The highest BCUT2D eigenvalue weighted by Gasteiger charge is 2.07. The van der Waals surface area contributed by atoms with E-state index in [0.29, 0.717) is 16.9 Å². The number of carbonyl (C=O) groups is 1. The molecular formula is C17H12N4O3S. The first-order chi connectivity index (χ1) is 12.1. The highest BCUT2D eigenvalue weighted by atomic mass is 32.1. The van der Waals surface area contributed by atoms with Gasteiger partial charge in [-0.1, -0.05) is 18.2 Å². The van der Waals surface area contributed by atoms with Crippen LogP contribution in [0.3, 0.4) is 0 Å². The van der Waals surface area contributed by atoms with Crippen molar-refractivity contribution >= 4 is 24.4 Å². The molecule has 7 nitrogen and oxygen atoms in total. The summed E-state index contributed by atoms with van der Waals surface area (Å²) in [6, 6.07) is 15.4. The van der Waals surface area contributed by atoms with Crippen LogP contribution >= 0.6 is 12.2 Å². The van der Waals surface area contributed by atoms with Crippen LogP contribution in [0.1, 0.15) is 15.9 Å². The number of H-pyrrole nitrogens is 1. The summed E-state index contributed by atoms with van der Waals surface area (Å²) < 4.78 is 6.40. The second kappa shape index (κ2) is 7.45. The van der Waals surface area contributed by atoms with Gasteiger partial charge >= 0.3 is 5.97 Å². The minimum Gasteiger partial charge on any atom is -0.423 e. The van der Waals surface area contributed by atoms with Crippen molar-refractivity contribution in [2.45, 2.75) is 0 Å². The van der Waals surface area contributed by atoms with Crippen molar-refractivity contribution < 1.29 is 9.53 Å². The molecule has 0 saturated heterocycles. The Morgan fingerprint density at radius 2 is 1.88 bits per heavy atom. The molecule has 0 aliphatic carbocycles. The van der Waals surface area contributed by atoms with Gasteiger partial charge < -0.3 is 4.74 Å². The fourth-order valence-corrected chi connectivity index (χ4v) is 2.13. The normalized spacial score (nSPS) is 10.7. The molecule has 124 valence electrons. The van der Waals surface area contributed by atoms with Crippen LogP contribution in [0.25, 0.3) is 0 Å². The molecule has 0 bridgehead atoms. The van der Waals surface area contributed by atoms with Crippen LogP contribution in [0.2, 0.25) is 0 Å². The Morgan fingerprint density at radius 1 is 1.16 bits per heavy atom. The lowest BCUT2D eigenvalue weighted by Gasteiger charge is -2.04. The molecule has 0 aliphatic heterocycles. The molecule has 0 saturated carbocycles. The van der Waals surface area contributed by atoms with Gasteiger partial charge in [0.05, 0.1) is 11.8 Å². The van der Waals surface area contributed by atoms with Crippen LogP contribution < -0.4 is 10.3 Å². The zero-order valence-electron chi connectivity index (χ0n) is 12.8. The van der Waals surface area contributed by atoms with Crippen LogP contribution in [0, 0.1) is 4.77 Å². The number of nitrogens with one attached hydrogen (secondary N) is 1. The fraction of sp³-hybridized carbons (Fsp3) is 0. The Kier molecular flexibility index (Phi) is 4.91. The summed E-state index contributed by atoms with van der Waals surface area (Å²) >= 11 is 4.94. The Balaban J connectivity index is 1.72. The monoisotopic (exact) mass is 352 g/mol. The van der Waals surface area contributed by atoms with Gasteiger partial charge in [-0.15, -0.1) is 0 Å². The van der Waals surface area contributed by atoms with Gasteiger partial charge in [0.2, 0.25) is 4.77 Å². The Bertz CT molecular complexity index is 996. The van der Waals surface area contributed by atoms with Gasteiger partial charge in [-0.25, -0.2) is 4.79 Å². The number of esters is 1. The Hall–Kier alpha value is -3.39. The maximum atomic E-state index is 12.0. The highest BCUT2D eigenvalue weighted by Crippen LogP contribution is 2.13. The van der Waals surface area contributed by atoms with E-state index in [1.54, 1.807) is 48.5 Å². The molecule has 0 radical (unpaired) electrons. The van der Waals surface area contributed by atoms with E-state index in [1.807, 2.05) is 6.07 Å². The molecule has 0 fully saturated rings. The van der Waals surface area contributed by atoms with Gasteiger partial charge in [0.1, 0.15) is 11.9 Å². The first-order valence-corrected chi connectivity index (χ1v) is 7.63. The summed E-state index contributed by atoms with van der Waals surface area (Å²) in [5.41, 5.74) is 0.741. The van der Waals surface area contributed by atoms with Crippen LogP contribution in [-0.2, 0) is 0 Å². The van der Waals surface area contributed by atoms with Gasteiger partial charge in [0, 0.05) is 0 Å². The average Bonchev–Trinajstić information content (AvgIpc) is 2.63. The number of ether oxygens (including phenoxy) is 1. The van der Waals surface area contributed by atoms with Gasteiger partial charge in [0.15, 0.2) is 0 Å². The van der Waals surface area contributed by atoms with E-state index >= 15 is 0 Å². The third-order valence-electron chi connectivity index (χ3n) is 3.16. The number of nitrogens with zero attached hydrogens (tertiary/aromatic N) is 3. The molecule has 3 rings (SSSR count). The van der Waals surface area contributed by atoms with Crippen LogP contribution in [-0.4, -0.2) is 27.1 Å². The van der Waals surface area contributed by atoms with Crippen LogP contribution in [0.4, 0.5) is 0 Å². The summed E-state index contributed by atoms with van der Waals surface area (Å²) in [5.74, 6) is -0.0268. The number of benzene rings is 2.